The minimum Gasteiger partial charge on any atom is -0.451 e. The topological polar surface area (TPSA) is 186 Å². The molecule has 0 aromatic heterocycles. The van der Waals surface area contributed by atoms with Gasteiger partial charge < -0.3 is 38.5 Å². The molecule has 0 N–H and O–H groups in total. The van der Waals surface area contributed by atoms with E-state index < -0.39 is 97.1 Å². The van der Waals surface area contributed by atoms with Crippen LogP contribution in [0.1, 0.15) is 151 Å². The van der Waals surface area contributed by atoms with Gasteiger partial charge in [-0.15, -0.1) is 0 Å². The van der Waals surface area contributed by atoms with Crippen LogP contribution in [0.25, 0.3) is 0 Å². The van der Waals surface area contributed by atoms with E-state index >= 15 is 0 Å². The predicted octanol–water partition coefficient (Wildman–Crippen LogP) is 4.97. The smallest absolute Gasteiger partial charge is 0.329 e. The van der Waals surface area contributed by atoms with E-state index in [1.165, 1.54) is 42.0 Å². The summed E-state index contributed by atoms with van der Waals surface area (Å²) in [5.74, 6) is -6.17. The second kappa shape index (κ2) is 28.3. The van der Waals surface area contributed by atoms with Crippen molar-refractivity contribution in [2.45, 2.75) is 187 Å². The van der Waals surface area contributed by atoms with Gasteiger partial charge >= 0.3 is 23.9 Å². The molecule has 0 unspecified atom stereocenters. The van der Waals surface area contributed by atoms with Crippen LogP contribution < -0.4 is 0 Å². The van der Waals surface area contributed by atoms with Crippen molar-refractivity contribution in [1.29, 1.82) is 0 Å². The lowest BCUT2D eigenvalue weighted by atomic mass is 10.1. The van der Waals surface area contributed by atoms with E-state index in [0.29, 0.717) is 32.1 Å². The third-order valence-corrected chi connectivity index (χ3v) is 10.7. The standard InChI is InChI=1S/C43H74N4O12/c1-11-15-19-20-23-27-33-39(51)45(8)29-37(49)57-34(25-21-16-12-2)40(52)46(9)30(5)42(54)58-32(24-18-14-4)38(50)44(7)28-36(48)56-35(26-22-17-13-3)41(53)47(10)31(6)43(55)59-33/h30-35H,11-29H2,1-10H3/t30-,31-,32+,33+,34+,35+/m1/s1. The van der Waals surface area contributed by atoms with Gasteiger partial charge in [0.1, 0.15) is 25.2 Å². The van der Waals surface area contributed by atoms with Crippen molar-refractivity contribution in [1.82, 2.24) is 19.6 Å². The van der Waals surface area contributed by atoms with Gasteiger partial charge in [-0.3, -0.25) is 28.8 Å². The predicted molar refractivity (Wildman–Crippen MR) is 220 cm³/mol. The number of unbranched alkanes of at least 4 members (excludes halogenated alkanes) is 9. The maximum absolute atomic E-state index is 13.8. The first-order chi connectivity index (χ1) is 27.9. The molecule has 1 aliphatic heterocycles. The van der Waals surface area contributed by atoms with Gasteiger partial charge in [0, 0.05) is 28.2 Å². The molecule has 1 heterocycles. The number of amides is 4. The lowest BCUT2D eigenvalue weighted by Crippen LogP contribution is -2.51. The maximum atomic E-state index is 13.8. The number of hydrogen-bond acceptors (Lipinski definition) is 12. The number of carbonyl (C=O) groups excluding carboxylic acids is 8. The molecule has 16 heteroatoms. The quantitative estimate of drug-likeness (QED) is 0.109. The molecular formula is C43H74N4O12. The van der Waals surface area contributed by atoms with Crippen LogP contribution in [0.15, 0.2) is 0 Å². The molecule has 1 saturated heterocycles. The summed E-state index contributed by atoms with van der Waals surface area (Å²) in [6.45, 7) is 9.68. The van der Waals surface area contributed by atoms with E-state index in [4.69, 9.17) is 18.9 Å². The van der Waals surface area contributed by atoms with E-state index in [1.54, 1.807) is 0 Å². The monoisotopic (exact) mass is 839 g/mol. The fourth-order valence-electron chi connectivity index (χ4n) is 6.47. The summed E-state index contributed by atoms with van der Waals surface area (Å²) < 4.78 is 22.8. The molecule has 1 rings (SSSR count). The van der Waals surface area contributed by atoms with Gasteiger partial charge in [0.05, 0.1) is 0 Å². The zero-order chi connectivity index (χ0) is 44.7. The van der Waals surface area contributed by atoms with Gasteiger partial charge in [0.2, 0.25) is 0 Å². The molecule has 0 bridgehead atoms. The highest BCUT2D eigenvalue weighted by Crippen LogP contribution is 2.19. The molecule has 4 amide bonds. The molecule has 59 heavy (non-hydrogen) atoms. The van der Waals surface area contributed by atoms with Crippen molar-refractivity contribution in [3.8, 4) is 0 Å². The molecule has 0 aliphatic carbocycles. The van der Waals surface area contributed by atoms with Gasteiger partial charge in [-0.05, 0) is 65.2 Å². The summed E-state index contributed by atoms with van der Waals surface area (Å²) in [7, 11) is 5.47. The first kappa shape index (κ1) is 52.8. The molecular weight excluding hydrogens is 764 g/mol. The summed E-state index contributed by atoms with van der Waals surface area (Å²) in [6.07, 6.45) is 5.11. The fourth-order valence-corrected chi connectivity index (χ4v) is 6.47. The first-order valence-electron chi connectivity index (χ1n) is 21.8. The summed E-state index contributed by atoms with van der Waals surface area (Å²) in [4.78, 5) is 113. The van der Waals surface area contributed by atoms with Crippen LogP contribution in [-0.2, 0) is 57.3 Å². The van der Waals surface area contributed by atoms with Gasteiger partial charge in [0.25, 0.3) is 23.6 Å². The normalized spacial score (nSPS) is 24.4. The zero-order valence-corrected chi connectivity index (χ0v) is 37.6. The van der Waals surface area contributed by atoms with Crippen molar-refractivity contribution in [2.24, 2.45) is 0 Å². The van der Waals surface area contributed by atoms with Crippen LogP contribution >= 0.6 is 0 Å². The molecule has 0 aromatic rings. The number of hydrogen-bond donors (Lipinski definition) is 0. The molecule has 0 aromatic carbocycles. The van der Waals surface area contributed by atoms with E-state index in [-0.39, 0.29) is 25.7 Å². The van der Waals surface area contributed by atoms with Crippen molar-refractivity contribution < 1.29 is 57.3 Å². The third kappa shape index (κ3) is 18.3. The molecule has 6 atom stereocenters. The lowest BCUT2D eigenvalue weighted by molar-refractivity contribution is -0.173. The maximum Gasteiger partial charge on any atom is 0.329 e. The molecule has 0 spiro atoms. The SMILES string of the molecule is CCCCCCC[C@@H]1OC(=O)[C@@H](C)N(C)C(=O)[C@H](CCCCC)OC(=O)CN(C)C(=O)[C@H](CCCC)OC(=O)[C@@H](C)N(C)C(=O)[C@H](CCCCC)OC(=O)CN(C)C1=O. The number of ether oxygens (including phenoxy) is 4. The summed E-state index contributed by atoms with van der Waals surface area (Å²) in [6, 6.07) is -2.39. The molecule has 1 aliphatic rings. The van der Waals surface area contributed by atoms with Crippen LogP contribution in [0.2, 0.25) is 0 Å². The highest BCUT2D eigenvalue weighted by atomic mass is 16.6. The Bertz CT molecular complexity index is 1370. The molecule has 0 saturated carbocycles. The average Bonchev–Trinajstić information content (AvgIpc) is 3.21. The number of nitrogens with zero attached hydrogens (tertiary/aromatic N) is 4. The van der Waals surface area contributed by atoms with Gasteiger partial charge in [-0.2, -0.15) is 0 Å². The van der Waals surface area contributed by atoms with Gasteiger partial charge in [-0.1, -0.05) is 85.5 Å². The lowest BCUT2D eigenvalue weighted by Gasteiger charge is -2.31. The minimum atomic E-state index is -1.29. The Kier molecular flexibility index (Phi) is 25.3. The van der Waals surface area contributed by atoms with Crippen LogP contribution in [0.3, 0.4) is 0 Å². The fraction of sp³-hybridized carbons (Fsp3) is 0.814. The van der Waals surface area contributed by atoms with Crippen LogP contribution in [0.5, 0.6) is 0 Å². The Morgan fingerprint density at radius 3 is 1.05 bits per heavy atom. The number of rotatable bonds is 17. The number of likely N-dealkylation sites (N-methyl/N-ethyl adjacent to an activating group) is 4. The minimum absolute atomic E-state index is 0.144. The summed E-state index contributed by atoms with van der Waals surface area (Å²) in [5, 5.41) is 0. The van der Waals surface area contributed by atoms with Crippen molar-refractivity contribution in [3.05, 3.63) is 0 Å². The van der Waals surface area contributed by atoms with E-state index in [0.717, 1.165) is 71.0 Å². The van der Waals surface area contributed by atoms with Crippen molar-refractivity contribution >= 4 is 47.5 Å². The zero-order valence-electron chi connectivity index (χ0n) is 37.6. The number of esters is 4. The van der Waals surface area contributed by atoms with E-state index in [2.05, 4.69) is 6.92 Å². The van der Waals surface area contributed by atoms with Crippen molar-refractivity contribution in [2.75, 3.05) is 41.3 Å². The third-order valence-electron chi connectivity index (χ3n) is 10.7. The Hall–Kier alpha value is -4.24. The van der Waals surface area contributed by atoms with Crippen LogP contribution in [-0.4, -0.2) is 145 Å². The van der Waals surface area contributed by atoms with E-state index in [1.807, 2.05) is 20.8 Å². The molecule has 0 radical (unpaired) electrons. The molecule has 1 fully saturated rings. The Morgan fingerprint density at radius 2 is 0.695 bits per heavy atom. The Balaban J connectivity index is 3.67. The molecule has 338 valence electrons. The summed E-state index contributed by atoms with van der Waals surface area (Å²) in [5.41, 5.74) is 0. The Morgan fingerprint density at radius 1 is 0.407 bits per heavy atom. The van der Waals surface area contributed by atoms with Crippen LogP contribution in [0, 0.1) is 0 Å². The van der Waals surface area contributed by atoms with Gasteiger partial charge in [-0.25, -0.2) is 9.59 Å². The average molecular weight is 839 g/mol. The first-order valence-corrected chi connectivity index (χ1v) is 21.8. The Labute approximate surface area is 352 Å². The van der Waals surface area contributed by atoms with E-state index in [9.17, 15) is 38.4 Å². The summed E-state index contributed by atoms with van der Waals surface area (Å²) >= 11 is 0. The highest BCUT2D eigenvalue weighted by molar-refractivity contribution is 5.93. The highest BCUT2D eigenvalue weighted by Gasteiger charge is 2.38. The second-order valence-corrected chi connectivity index (χ2v) is 15.8. The van der Waals surface area contributed by atoms with Crippen LogP contribution in [0.4, 0.5) is 0 Å². The van der Waals surface area contributed by atoms with Crippen molar-refractivity contribution in [3.63, 3.8) is 0 Å². The van der Waals surface area contributed by atoms with Gasteiger partial charge in [0.15, 0.2) is 24.4 Å². The largest absolute Gasteiger partial charge is 0.451 e. The number of cyclic esters (lactones) is 4. The molecule has 16 nitrogen and oxygen atoms in total. The number of carbonyl (C=O) groups is 8. The second-order valence-electron chi connectivity index (χ2n) is 15.8.